The number of thioether (sulfide) groups is 1. The van der Waals surface area contributed by atoms with Gasteiger partial charge in [0, 0.05) is 12.0 Å². The first kappa shape index (κ1) is 12.9. The van der Waals surface area contributed by atoms with E-state index in [9.17, 15) is 0 Å². The third-order valence-electron chi connectivity index (χ3n) is 3.00. The predicted octanol–water partition coefficient (Wildman–Crippen LogP) is 2.57. The van der Waals surface area contributed by atoms with E-state index in [0.29, 0.717) is 17.2 Å². The van der Waals surface area contributed by atoms with Gasteiger partial charge in [-0.25, -0.2) is 0 Å². The molecule has 1 aromatic heterocycles. The van der Waals surface area contributed by atoms with E-state index in [0.717, 1.165) is 36.9 Å². The van der Waals surface area contributed by atoms with Gasteiger partial charge in [-0.15, -0.1) is 0 Å². The highest BCUT2D eigenvalue weighted by molar-refractivity contribution is 7.99. The second kappa shape index (κ2) is 5.87. The van der Waals surface area contributed by atoms with Gasteiger partial charge in [-0.2, -0.15) is 16.7 Å². The Morgan fingerprint density at radius 2 is 2.35 bits per heavy atom. The molecule has 2 rings (SSSR count). The Labute approximate surface area is 107 Å². The summed E-state index contributed by atoms with van der Waals surface area (Å²) in [5.74, 6) is 2.96. The molecule has 0 radical (unpaired) electrons. The van der Waals surface area contributed by atoms with Gasteiger partial charge in [-0.1, -0.05) is 19.0 Å². The number of hydrogen-bond acceptors (Lipinski definition) is 5. The molecule has 1 N–H and O–H groups in total. The molecule has 2 heterocycles. The minimum Gasteiger partial charge on any atom is -0.339 e. The molecule has 0 spiro atoms. The minimum atomic E-state index is 0.441. The van der Waals surface area contributed by atoms with E-state index in [2.05, 4.69) is 36.2 Å². The molecule has 1 aromatic rings. The summed E-state index contributed by atoms with van der Waals surface area (Å²) in [6, 6.07) is 0.550. The Hall–Kier alpha value is -0.550. The maximum absolute atomic E-state index is 5.38. The number of nitrogens with one attached hydrogen (secondary N) is 1. The van der Waals surface area contributed by atoms with E-state index in [1.165, 1.54) is 0 Å². The fourth-order valence-electron chi connectivity index (χ4n) is 2.09. The first-order valence-corrected chi connectivity index (χ1v) is 7.37. The summed E-state index contributed by atoms with van der Waals surface area (Å²) in [4.78, 5) is 4.51. The Morgan fingerprint density at radius 1 is 1.53 bits per heavy atom. The number of hydrogen-bond donors (Lipinski definition) is 1. The maximum Gasteiger partial charge on any atom is 0.229 e. The molecule has 1 saturated heterocycles. The van der Waals surface area contributed by atoms with Crippen LogP contribution in [0.25, 0.3) is 0 Å². The van der Waals surface area contributed by atoms with Crippen molar-refractivity contribution in [3.05, 3.63) is 11.7 Å². The van der Waals surface area contributed by atoms with Crippen molar-refractivity contribution in [1.82, 2.24) is 15.5 Å². The van der Waals surface area contributed by atoms with E-state index >= 15 is 0 Å². The second-order valence-corrected chi connectivity index (χ2v) is 6.55. The summed E-state index contributed by atoms with van der Waals surface area (Å²) < 4.78 is 5.38. The van der Waals surface area contributed by atoms with E-state index in [1.54, 1.807) is 0 Å². The molecule has 2 atom stereocenters. The first-order chi connectivity index (χ1) is 8.15. The number of rotatable bonds is 4. The van der Waals surface area contributed by atoms with Crippen LogP contribution in [0.3, 0.4) is 0 Å². The molecular weight excluding hydrogens is 234 g/mol. The van der Waals surface area contributed by atoms with Crippen LogP contribution >= 0.6 is 11.8 Å². The van der Waals surface area contributed by atoms with Gasteiger partial charge in [-0.3, -0.25) is 0 Å². The lowest BCUT2D eigenvalue weighted by Crippen LogP contribution is -2.34. The summed E-state index contributed by atoms with van der Waals surface area (Å²) in [5.41, 5.74) is 0. The van der Waals surface area contributed by atoms with Crippen molar-refractivity contribution in [2.75, 3.05) is 6.54 Å². The topological polar surface area (TPSA) is 51.0 Å². The Kier molecular flexibility index (Phi) is 4.45. The van der Waals surface area contributed by atoms with Crippen LogP contribution in [0.5, 0.6) is 0 Å². The number of nitrogens with zero attached hydrogens (tertiary/aromatic N) is 2. The number of piperidine rings is 1. The highest BCUT2D eigenvalue weighted by atomic mass is 32.2. The SMILES string of the molecule is CC1CC(c2nc(CSC(C)C)no2)CCN1. The molecule has 1 aliphatic heterocycles. The van der Waals surface area contributed by atoms with Gasteiger partial charge in [-0.05, 0) is 31.6 Å². The standard InChI is InChI=1S/C12H21N3OS/c1-8(2)17-7-11-14-12(16-15-11)10-4-5-13-9(3)6-10/h8-10,13H,4-7H2,1-3H3. The zero-order valence-corrected chi connectivity index (χ0v) is 11.6. The van der Waals surface area contributed by atoms with Crippen LogP contribution in [0.2, 0.25) is 0 Å². The minimum absolute atomic E-state index is 0.441. The van der Waals surface area contributed by atoms with Crippen molar-refractivity contribution in [1.29, 1.82) is 0 Å². The van der Waals surface area contributed by atoms with Gasteiger partial charge in [0.2, 0.25) is 5.89 Å². The highest BCUT2D eigenvalue weighted by Crippen LogP contribution is 2.27. The van der Waals surface area contributed by atoms with E-state index in [1.807, 2.05) is 11.8 Å². The second-order valence-electron chi connectivity index (χ2n) is 4.99. The number of aromatic nitrogens is 2. The lowest BCUT2D eigenvalue weighted by molar-refractivity contribution is 0.294. The Bertz CT molecular complexity index is 353. The molecule has 0 aliphatic carbocycles. The molecule has 5 heteroatoms. The van der Waals surface area contributed by atoms with Crippen molar-refractivity contribution in [3.8, 4) is 0 Å². The van der Waals surface area contributed by atoms with E-state index in [4.69, 9.17) is 4.52 Å². The van der Waals surface area contributed by atoms with Crippen LogP contribution in [0.1, 0.15) is 51.2 Å². The zero-order chi connectivity index (χ0) is 12.3. The van der Waals surface area contributed by atoms with Gasteiger partial charge in [0.05, 0.1) is 5.75 Å². The van der Waals surface area contributed by atoms with Crippen molar-refractivity contribution < 1.29 is 4.52 Å². The van der Waals surface area contributed by atoms with Crippen molar-refractivity contribution >= 4 is 11.8 Å². The van der Waals surface area contributed by atoms with Crippen molar-refractivity contribution in [2.45, 2.75) is 56.6 Å². The highest BCUT2D eigenvalue weighted by Gasteiger charge is 2.24. The Balaban J connectivity index is 1.92. The summed E-state index contributed by atoms with van der Waals surface area (Å²) in [6.07, 6.45) is 2.20. The van der Waals surface area contributed by atoms with Crippen LogP contribution in [0.4, 0.5) is 0 Å². The van der Waals surface area contributed by atoms with Crippen LogP contribution in [-0.4, -0.2) is 28.0 Å². The predicted molar refractivity (Wildman–Crippen MR) is 70.2 cm³/mol. The normalized spacial score (nSPS) is 25.4. The molecule has 2 unspecified atom stereocenters. The van der Waals surface area contributed by atoms with E-state index in [-0.39, 0.29) is 0 Å². The van der Waals surface area contributed by atoms with Crippen LogP contribution in [0, 0.1) is 0 Å². The van der Waals surface area contributed by atoms with Gasteiger partial charge in [0.15, 0.2) is 5.82 Å². The smallest absolute Gasteiger partial charge is 0.229 e. The Morgan fingerprint density at radius 3 is 3.06 bits per heavy atom. The molecular formula is C12H21N3OS. The third-order valence-corrected chi connectivity index (χ3v) is 4.09. The monoisotopic (exact) mass is 255 g/mol. The molecule has 0 amide bonds. The quantitative estimate of drug-likeness (QED) is 0.896. The average molecular weight is 255 g/mol. The molecule has 0 bridgehead atoms. The molecule has 1 fully saturated rings. The first-order valence-electron chi connectivity index (χ1n) is 6.32. The largest absolute Gasteiger partial charge is 0.339 e. The maximum atomic E-state index is 5.38. The van der Waals surface area contributed by atoms with Crippen molar-refractivity contribution in [3.63, 3.8) is 0 Å². The molecule has 4 nitrogen and oxygen atoms in total. The van der Waals surface area contributed by atoms with Gasteiger partial charge < -0.3 is 9.84 Å². The summed E-state index contributed by atoms with van der Waals surface area (Å²) in [5, 5.41) is 8.10. The molecule has 17 heavy (non-hydrogen) atoms. The van der Waals surface area contributed by atoms with Crippen molar-refractivity contribution in [2.24, 2.45) is 0 Å². The van der Waals surface area contributed by atoms with Crippen LogP contribution in [-0.2, 0) is 5.75 Å². The van der Waals surface area contributed by atoms with Crippen LogP contribution < -0.4 is 5.32 Å². The van der Waals surface area contributed by atoms with Gasteiger partial charge in [0.25, 0.3) is 0 Å². The molecule has 96 valence electrons. The van der Waals surface area contributed by atoms with E-state index < -0.39 is 0 Å². The lowest BCUT2D eigenvalue weighted by Gasteiger charge is -2.25. The van der Waals surface area contributed by atoms with Gasteiger partial charge >= 0.3 is 0 Å². The summed E-state index contributed by atoms with van der Waals surface area (Å²) in [7, 11) is 0. The molecule has 0 saturated carbocycles. The lowest BCUT2D eigenvalue weighted by atomic mass is 9.93. The molecule has 0 aromatic carbocycles. The van der Waals surface area contributed by atoms with Crippen LogP contribution in [0.15, 0.2) is 4.52 Å². The summed E-state index contributed by atoms with van der Waals surface area (Å²) >= 11 is 1.85. The molecule has 1 aliphatic rings. The average Bonchev–Trinajstić information content (AvgIpc) is 2.75. The fraction of sp³-hybridized carbons (Fsp3) is 0.833. The fourth-order valence-corrected chi connectivity index (χ4v) is 2.69. The third kappa shape index (κ3) is 3.71. The zero-order valence-electron chi connectivity index (χ0n) is 10.8. The van der Waals surface area contributed by atoms with Gasteiger partial charge in [0.1, 0.15) is 0 Å². The summed E-state index contributed by atoms with van der Waals surface area (Å²) in [6.45, 7) is 7.61.